The van der Waals surface area contributed by atoms with E-state index in [2.05, 4.69) is 10.3 Å². The van der Waals surface area contributed by atoms with E-state index in [1.54, 1.807) is 41.0 Å². The van der Waals surface area contributed by atoms with E-state index in [0.29, 0.717) is 22.5 Å². The smallest absolute Gasteiger partial charge is 0.341 e. The summed E-state index contributed by atoms with van der Waals surface area (Å²) in [5, 5.41) is 11.4. The number of ether oxygens (including phenoxy) is 1. The van der Waals surface area contributed by atoms with E-state index in [9.17, 15) is 14.4 Å². The molecular weight excluding hydrogens is 374 g/mol. The van der Waals surface area contributed by atoms with Gasteiger partial charge in [0, 0.05) is 17.3 Å². The Balaban J connectivity index is 1.50. The predicted octanol–water partition coefficient (Wildman–Crippen LogP) is 3.16. The van der Waals surface area contributed by atoms with Crippen LogP contribution in [0.1, 0.15) is 42.1 Å². The number of carboxylic acid groups (broad SMARTS) is 1. The van der Waals surface area contributed by atoms with Crippen LogP contribution in [-0.4, -0.2) is 33.1 Å². The van der Waals surface area contributed by atoms with Gasteiger partial charge in [0.2, 0.25) is 0 Å². The molecule has 1 fully saturated rings. The van der Waals surface area contributed by atoms with Crippen LogP contribution in [0.3, 0.4) is 0 Å². The number of carbonyl (C=O) groups excluding carboxylic acids is 1. The molecule has 1 saturated carbocycles. The molecule has 29 heavy (non-hydrogen) atoms. The van der Waals surface area contributed by atoms with Crippen molar-refractivity contribution >= 4 is 28.6 Å². The maximum Gasteiger partial charge on any atom is 0.341 e. The molecule has 1 aromatic heterocycles. The second-order valence-electron chi connectivity index (χ2n) is 7.13. The number of aromatic nitrogens is 2. The topological polar surface area (TPSA) is 113 Å². The molecule has 1 amide bonds. The van der Waals surface area contributed by atoms with Crippen molar-refractivity contribution in [2.45, 2.75) is 31.7 Å². The number of benzene rings is 2. The SMILES string of the molecule is O=C(O)COc1ccc(NC(=O)c2ccc3c(c2)[nH]c(=O)n3C2CCCC2)cc1. The van der Waals surface area contributed by atoms with Gasteiger partial charge < -0.3 is 20.1 Å². The predicted molar refractivity (Wildman–Crippen MR) is 108 cm³/mol. The summed E-state index contributed by atoms with van der Waals surface area (Å²) in [4.78, 5) is 38.4. The number of aromatic amines is 1. The Hall–Kier alpha value is -3.55. The molecule has 1 aliphatic rings. The number of hydrogen-bond acceptors (Lipinski definition) is 4. The first-order chi connectivity index (χ1) is 14.0. The minimum Gasteiger partial charge on any atom is -0.482 e. The number of amides is 1. The molecule has 0 unspecified atom stereocenters. The number of rotatable bonds is 6. The average molecular weight is 395 g/mol. The van der Waals surface area contributed by atoms with Gasteiger partial charge >= 0.3 is 11.7 Å². The molecule has 8 nitrogen and oxygen atoms in total. The molecule has 0 saturated heterocycles. The molecule has 0 radical (unpaired) electrons. The number of imidazole rings is 1. The highest BCUT2D eigenvalue weighted by molar-refractivity contribution is 6.05. The number of hydrogen-bond donors (Lipinski definition) is 3. The highest BCUT2D eigenvalue weighted by Gasteiger charge is 2.21. The second-order valence-corrected chi connectivity index (χ2v) is 7.13. The Morgan fingerprint density at radius 1 is 1.14 bits per heavy atom. The third-order valence-electron chi connectivity index (χ3n) is 5.14. The molecule has 3 aromatic rings. The van der Waals surface area contributed by atoms with Gasteiger partial charge in [-0.25, -0.2) is 9.59 Å². The summed E-state index contributed by atoms with van der Waals surface area (Å²) in [6.07, 6.45) is 4.26. The molecule has 4 rings (SSSR count). The largest absolute Gasteiger partial charge is 0.482 e. The maximum atomic E-state index is 12.6. The fourth-order valence-electron chi connectivity index (χ4n) is 3.78. The standard InChI is InChI=1S/C21H21N3O5/c25-19(26)12-29-16-8-6-14(7-9-16)22-20(27)13-5-10-18-17(11-13)23-21(28)24(18)15-3-1-2-4-15/h5-11,15H,1-4,12H2,(H,22,27)(H,23,28)(H,25,26). The van der Waals surface area contributed by atoms with Gasteiger partial charge in [-0.3, -0.25) is 9.36 Å². The first-order valence-corrected chi connectivity index (χ1v) is 9.51. The molecule has 0 aliphatic heterocycles. The van der Waals surface area contributed by atoms with E-state index in [-0.39, 0.29) is 17.6 Å². The van der Waals surface area contributed by atoms with Crippen LogP contribution in [-0.2, 0) is 4.79 Å². The average Bonchev–Trinajstić information content (AvgIpc) is 3.33. The van der Waals surface area contributed by atoms with E-state index in [1.807, 2.05) is 6.07 Å². The molecule has 1 aliphatic carbocycles. The first kappa shape index (κ1) is 18.8. The molecule has 8 heteroatoms. The van der Waals surface area contributed by atoms with Crippen LogP contribution in [0.25, 0.3) is 11.0 Å². The van der Waals surface area contributed by atoms with E-state index < -0.39 is 12.6 Å². The lowest BCUT2D eigenvalue weighted by Gasteiger charge is -2.11. The fraction of sp³-hybridized carbons (Fsp3) is 0.286. The van der Waals surface area contributed by atoms with Gasteiger partial charge in [-0.2, -0.15) is 0 Å². The minimum absolute atomic E-state index is 0.138. The van der Waals surface area contributed by atoms with E-state index in [1.165, 1.54) is 0 Å². The Morgan fingerprint density at radius 2 is 1.86 bits per heavy atom. The Bertz CT molecular complexity index is 1110. The van der Waals surface area contributed by atoms with Gasteiger partial charge in [0.05, 0.1) is 11.0 Å². The van der Waals surface area contributed by atoms with Crippen molar-refractivity contribution < 1.29 is 19.4 Å². The van der Waals surface area contributed by atoms with E-state index in [0.717, 1.165) is 31.2 Å². The Morgan fingerprint density at radius 3 is 2.55 bits per heavy atom. The molecule has 3 N–H and O–H groups in total. The summed E-state index contributed by atoms with van der Waals surface area (Å²) in [6, 6.07) is 11.9. The van der Waals surface area contributed by atoms with E-state index in [4.69, 9.17) is 9.84 Å². The first-order valence-electron chi connectivity index (χ1n) is 9.51. The van der Waals surface area contributed by atoms with Crippen LogP contribution >= 0.6 is 0 Å². The van der Waals surface area contributed by atoms with Crippen LogP contribution < -0.4 is 15.7 Å². The normalized spacial score (nSPS) is 14.2. The molecule has 0 atom stereocenters. The minimum atomic E-state index is -1.06. The van der Waals surface area contributed by atoms with Gasteiger partial charge in [0.15, 0.2) is 6.61 Å². The van der Waals surface area contributed by atoms with Crippen LogP contribution in [0.4, 0.5) is 5.69 Å². The van der Waals surface area contributed by atoms with Crippen molar-refractivity contribution in [1.29, 1.82) is 0 Å². The summed E-state index contributed by atoms with van der Waals surface area (Å²) in [5.74, 6) is -0.962. The number of carboxylic acids is 1. The van der Waals surface area contributed by atoms with Crippen LogP contribution in [0, 0.1) is 0 Å². The number of nitrogens with one attached hydrogen (secondary N) is 2. The van der Waals surface area contributed by atoms with Crippen LogP contribution in [0.15, 0.2) is 47.3 Å². The van der Waals surface area contributed by atoms with Gasteiger partial charge in [-0.1, -0.05) is 12.8 Å². The lowest BCUT2D eigenvalue weighted by atomic mass is 10.1. The molecule has 2 aromatic carbocycles. The number of anilines is 1. The number of carbonyl (C=O) groups is 2. The summed E-state index contributed by atoms with van der Waals surface area (Å²) in [5.41, 5.74) is 2.31. The Labute approximate surface area is 166 Å². The lowest BCUT2D eigenvalue weighted by molar-refractivity contribution is -0.139. The van der Waals surface area contributed by atoms with Gasteiger partial charge in [-0.15, -0.1) is 0 Å². The Kier molecular flexibility index (Phi) is 5.07. The summed E-state index contributed by atoms with van der Waals surface area (Å²) >= 11 is 0. The van der Waals surface area contributed by atoms with Crippen LogP contribution in [0.5, 0.6) is 5.75 Å². The van der Waals surface area contributed by atoms with Gasteiger partial charge in [0.1, 0.15) is 5.75 Å². The second kappa shape index (κ2) is 7.83. The maximum absolute atomic E-state index is 12.6. The van der Waals surface area contributed by atoms with Crippen molar-refractivity contribution in [3.63, 3.8) is 0 Å². The molecular formula is C21H21N3O5. The van der Waals surface area contributed by atoms with Crippen LogP contribution in [0.2, 0.25) is 0 Å². The summed E-state index contributed by atoms with van der Waals surface area (Å²) in [7, 11) is 0. The van der Waals surface area contributed by atoms with Crippen molar-refractivity contribution in [2.75, 3.05) is 11.9 Å². The van der Waals surface area contributed by atoms with Crippen molar-refractivity contribution in [1.82, 2.24) is 9.55 Å². The third kappa shape index (κ3) is 4.01. The molecule has 0 bridgehead atoms. The number of fused-ring (bicyclic) bond motifs is 1. The zero-order valence-electron chi connectivity index (χ0n) is 15.7. The van der Waals surface area contributed by atoms with Crippen molar-refractivity contribution in [2.24, 2.45) is 0 Å². The molecule has 150 valence electrons. The number of aliphatic carboxylic acids is 1. The molecule has 0 spiro atoms. The zero-order chi connectivity index (χ0) is 20.4. The van der Waals surface area contributed by atoms with Crippen molar-refractivity contribution in [3.8, 4) is 5.75 Å². The quantitative estimate of drug-likeness (QED) is 0.593. The highest BCUT2D eigenvalue weighted by Crippen LogP contribution is 2.30. The lowest BCUT2D eigenvalue weighted by Crippen LogP contribution is -2.20. The van der Waals surface area contributed by atoms with Crippen molar-refractivity contribution in [3.05, 3.63) is 58.5 Å². The monoisotopic (exact) mass is 395 g/mol. The number of H-pyrrole nitrogens is 1. The highest BCUT2D eigenvalue weighted by atomic mass is 16.5. The number of nitrogens with zero attached hydrogens (tertiary/aromatic N) is 1. The summed E-state index contributed by atoms with van der Waals surface area (Å²) in [6.45, 7) is -0.426. The molecule has 1 heterocycles. The van der Waals surface area contributed by atoms with Gasteiger partial charge in [0.25, 0.3) is 5.91 Å². The van der Waals surface area contributed by atoms with Gasteiger partial charge in [-0.05, 0) is 55.3 Å². The third-order valence-corrected chi connectivity index (χ3v) is 5.14. The fourth-order valence-corrected chi connectivity index (χ4v) is 3.78. The summed E-state index contributed by atoms with van der Waals surface area (Å²) < 4.78 is 6.87. The zero-order valence-corrected chi connectivity index (χ0v) is 15.7. The van der Waals surface area contributed by atoms with E-state index >= 15 is 0 Å².